The van der Waals surface area contributed by atoms with Crippen molar-refractivity contribution in [3.63, 3.8) is 0 Å². The number of carbonyl (C=O) groups excluding carboxylic acids is 2. The molecular weight excluding hydrogens is 396 g/mol. The Bertz CT molecular complexity index is 1150. The first-order valence-electron chi connectivity index (χ1n) is 10.1. The summed E-state index contributed by atoms with van der Waals surface area (Å²) in [6.45, 7) is 12.5. The van der Waals surface area contributed by atoms with Crippen molar-refractivity contribution in [1.82, 2.24) is 0 Å². The predicted octanol–water partition coefficient (Wildman–Crippen LogP) is 6.93. The molecule has 0 spiro atoms. The van der Waals surface area contributed by atoms with Crippen molar-refractivity contribution in [2.24, 2.45) is 0 Å². The van der Waals surface area contributed by atoms with E-state index in [4.69, 9.17) is 18.9 Å². The third-order valence-electron chi connectivity index (χ3n) is 4.31. The number of benzene rings is 3. The molecule has 0 aromatic heterocycles. The number of hydrogen-bond acceptors (Lipinski definition) is 6. The molecule has 6 heteroatoms. The summed E-state index contributed by atoms with van der Waals surface area (Å²) in [5.41, 5.74) is -0.536. The van der Waals surface area contributed by atoms with Gasteiger partial charge in [-0.25, -0.2) is 9.59 Å². The van der Waals surface area contributed by atoms with Crippen molar-refractivity contribution < 1.29 is 28.5 Å². The maximum absolute atomic E-state index is 12.5. The van der Waals surface area contributed by atoms with Crippen LogP contribution in [-0.4, -0.2) is 23.5 Å². The lowest BCUT2D eigenvalue weighted by molar-refractivity contribution is 0.0194. The zero-order chi connectivity index (χ0) is 23.0. The zero-order valence-corrected chi connectivity index (χ0v) is 19.0. The minimum atomic E-state index is -0.804. The van der Waals surface area contributed by atoms with Gasteiger partial charge in [0.15, 0.2) is 5.75 Å². The van der Waals surface area contributed by atoms with Gasteiger partial charge in [-0.05, 0) is 54.0 Å². The lowest BCUT2D eigenvalue weighted by Crippen LogP contribution is -2.26. The van der Waals surface area contributed by atoms with Gasteiger partial charge >= 0.3 is 12.3 Å². The molecule has 0 fully saturated rings. The Morgan fingerprint density at radius 1 is 0.645 bits per heavy atom. The van der Waals surface area contributed by atoms with Gasteiger partial charge in [0.05, 0.1) is 0 Å². The number of hydrogen-bond donors (Lipinski definition) is 0. The smallest absolute Gasteiger partial charge is 0.428 e. The van der Waals surface area contributed by atoms with E-state index in [0.717, 1.165) is 5.56 Å². The van der Waals surface area contributed by atoms with Gasteiger partial charge in [-0.2, -0.15) is 0 Å². The Morgan fingerprint density at radius 3 is 1.61 bits per heavy atom. The van der Waals surface area contributed by atoms with Crippen LogP contribution >= 0.6 is 0 Å². The van der Waals surface area contributed by atoms with E-state index in [0.29, 0.717) is 33.0 Å². The van der Waals surface area contributed by atoms with Crippen LogP contribution in [0.25, 0.3) is 21.5 Å². The molecule has 0 unspecified atom stereocenters. The third-order valence-corrected chi connectivity index (χ3v) is 4.31. The molecule has 6 nitrogen and oxygen atoms in total. The van der Waals surface area contributed by atoms with Crippen LogP contribution in [0, 0.1) is 6.92 Å². The summed E-state index contributed by atoms with van der Waals surface area (Å²) >= 11 is 0. The van der Waals surface area contributed by atoms with Crippen LogP contribution < -0.4 is 9.47 Å². The zero-order valence-electron chi connectivity index (χ0n) is 19.0. The molecule has 31 heavy (non-hydrogen) atoms. The molecule has 3 aromatic carbocycles. The van der Waals surface area contributed by atoms with E-state index in [-0.39, 0.29) is 0 Å². The molecule has 3 rings (SSSR count). The molecule has 0 aliphatic carbocycles. The molecule has 3 aromatic rings. The van der Waals surface area contributed by atoms with Crippen LogP contribution in [-0.2, 0) is 9.47 Å². The van der Waals surface area contributed by atoms with Crippen molar-refractivity contribution in [2.75, 3.05) is 0 Å². The average molecular weight is 424 g/mol. The number of fused-ring (bicyclic) bond motifs is 2. The summed E-state index contributed by atoms with van der Waals surface area (Å²) in [4.78, 5) is 25.0. The second-order valence-corrected chi connectivity index (χ2v) is 9.33. The van der Waals surface area contributed by atoms with E-state index in [1.54, 1.807) is 47.6 Å². The number of ether oxygens (including phenoxy) is 4. The molecular formula is C25H28O6. The molecule has 0 bridgehead atoms. The fourth-order valence-corrected chi connectivity index (χ4v) is 3.24. The van der Waals surface area contributed by atoms with Crippen LogP contribution in [0.4, 0.5) is 9.59 Å². The molecule has 0 radical (unpaired) electrons. The molecule has 164 valence electrons. The summed E-state index contributed by atoms with van der Waals surface area (Å²) in [6, 6.07) is 12.8. The number of carbonyl (C=O) groups is 2. The largest absolute Gasteiger partial charge is 0.514 e. The van der Waals surface area contributed by atoms with Crippen LogP contribution in [0.3, 0.4) is 0 Å². The molecule has 0 atom stereocenters. The molecule has 0 aliphatic rings. The highest BCUT2D eigenvalue weighted by molar-refractivity contribution is 6.13. The van der Waals surface area contributed by atoms with Gasteiger partial charge in [0, 0.05) is 21.5 Å². The number of rotatable bonds is 2. The van der Waals surface area contributed by atoms with Crippen molar-refractivity contribution in [3.05, 3.63) is 48.0 Å². The van der Waals surface area contributed by atoms with Crippen molar-refractivity contribution in [2.45, 2.75) is 59.7 Å². The maximum Gasteiger partial charge on any atom is 0.514 e. The summed E-state index contributed by atoms with van der Waals surface area (Å²) in [7, 11) is 0. The highest BCUT2D eigenvalue weighted by atomic mass is 16.7. The monoisotopic (exact) mass is 424 g/mol. The van der Waals surface area contributed by atoms with Gasteiger partial charge in [-0.3, -0.25) is 0 Å². The first-order valence-corrected chi connectivity index (χ1v) is 10.1. The van der Waals surface area contributed by atoms with Gasteiger partial charge < -0.3 is 18.9 Å². The Balaban J connectivity index is 2.22. The van der Waals surface area contributed by atoms with E-state index in [1.165, 1.54) is 0 Å². The maximum atomic E-state index is 12.5. The minimum Gasteiger partial charge on any atom is -0.428 e. The van der Waals surface area contributed by atoms with Gasteiger partial charge in [0.1, 0.15) is 17.0 Å². The molecule has 0 aliphatic heterocycles. The summed E-state index contributed by atoms with van der Waals surface area (Å²) in [6.07, 6.45) is -1.61. The third kappa shape index (κ3) is 5.26. The molecule has 0 saturated heterocycles. The topological polar surface area (TPSA) is 71.1 Å². The van der Waals surface area contributed by atoms with Crippen molar-refractivity contribution >= 4 is 33.9 Å². The summed E-state index contributed by atoms with van der Waals surface area (Å²) < 4.78 is 22.1. The second-order valence-electron chi connectivity index (χ2n) is 9.33. The Hall–Kier alpha value is -3.28. The van der Waals surface area contributed by atoms with Crippen molar-refractivity contribution in [1.29, 1.82) is 0 Å². The van der Waals surface area contributed by atoms with Gasteiger partial charge in [0.2, 0.25) is 0 Å². The first-order chi connectivity index (χ1) is 14.4. The SMILES string of the molecule is Cc1cccc2c(OC(=O)OC(C)(C)C)c3ccccc3c(OC(=O)OC(C)(C)C)c12. The van der Waals surface area contributed by atoms with E-state index >= 15 is 0 Å². The Kier molecular flexibility index (Phi) is 5.85. The Labute approximate surface area is 182 Å². The standard InChI is InChI=1S/C25H28O6/c1-15-11-10-14-18-19(15)21(29-23(27)31-25(5,6)7)17-13-9-8-12-16(17)20(18)28-22(26)30-24(2,3)4/h8-14H,1-7H3. The van der Waals surface area contributed by atoms with Crippen LogP contribution in [0.1, 0.15) is 47.1 Å². The van der Waals surface area contributed by atoms with E-state index in [2.05, 4.69) is 0 Å². The average Bonchev–Trinajstić information content (AvgIpc) is 2.61. The second kappa shape index (κ2) is 8.10. The molecule has 0 N–H and O–H groups in total. The van der Waals surface area contributed by atoms with Gasteiger partial charge in [-0.15, -0.1) is 0 Å². The summed E-state index contributed by atoms with van der Waals surface area (Å²) in [5, 5.41) is 2.52. The fourth-order valence-electron chi connectivity index (χ4n) is 3.24. The molecule has 0 amide bonds. The van der Waals surface area contributed by atoms with E-state index in [1.807, 2.05) is 43.3 Å². The van der Waals surface area contributed by atoms with Gasteiger partial charge in [-0.1, -0.05) is 42.5 Å². The van der Waals surface area contributed by atoms with Crippen LogP contribution in [0.2, 0.25) is 0 Å². The highest BCUT2D eigenvalue weighted by Crippen LogP contribution is 2.44. The fraction of sp³-hybridized carbons (Fsp3) is 0.360. The lowest BCUT2D eigenvalue weighted by Gasteiger charge is -2.22. The van der Waals surface area contributed by atoms with E-state index in [9.17, 15) is 9.59 Å². The number of aryl methyl sites for hydroxylation is 1. The van der Waals surface area contributed by atoms with E-state index < -0.39 is 23.5 Å². The summed E-state index contributed by atoms with van der Waals surface area (Å²) in [5.74, 6) is 0.703. The van der Waals surface area contributed by atoms with Crippen molar-refractivity contribution in [3.8, 4) is 11.5 Å². The van der Waals surface area contributed by atoms with Gasteiger partial charge in [0.25, 0.3) is 0 Å². The lowest BCUT2D eigenvalue weighted by atomic mass is 9.97. The molecule has 0 saturated carbocycles. The van der Waals surface area contributed by atoms with Crippen LogP contribution in [0.15, 0.2) is 42.5 Å². The quantitative estimate of drug-likeness (QED) is 0.252. The van der Waals surface area contributed by atoms with Crippen LogP contribution in [0.5, 0.6) is 11.5 Å². The normalized spacial score (nSPS) is 12.0. The Morgan fingerprint density at radius 2 is 1.10 bits per heavy atom. The highest BCUT2D eigenvalue weighted by Gasteiger charge is 2.25. The predicted molar refractivity (Wildman–Crippen MR) is 120 cm³/mol. The minimum absolute atomic E-state index is 0.347. The molecule has 0 heterocycles. The first kappa shape index (κ1) is 22.4.